The fourth-order valence-electron chi connectivity index (χ4n) is 1.11. The smallest absolute Gasteiger partial charge is 0.337 e. The molecule has 0 amide bonds. The molecule has 0 aliphatic carbocycles. The summed E-state index contributed by atoms with van der Waals surface area (Å²) < 4.78 is 0. The van der Waals surface area contributed by atoms with E-state index < -0.39 is 12.1 Å². The number of benzene rings is 1. The van der Waals surface area contributed by atoms with Crippen molar-refractivity contribution in [2.45, 2.75) is 13.0 Å². The summed E-state index contributed by atoms with van der Waals surface area (Å²) in [5.41, 5.74) is 0.552. The van der Waals surface area contributed by atoms with Gasteiger partial charge >= 0.3 is 5.97 Å². The Bertz CT molecular complexity index is 366. The van der Waals surface area contributed by atoms with E-state index in [9.17, 15) is 4.79 Å². The highest BCUT2D eigenvalue weighted by atomic mass is 35.5. The number of hydrogen-bond donors (Lipinski definition) is 3. The van der Waals surface area contributed by atoms with Gasteiger partial charge in [-0.3, -0.25) is 0 Å². The van der Waals surface area contributed by atoms with Crippen LogP contribution in [0.1, 0.15) is 17.3 Å². The van der Waals surface area contributed by atoms with Crippen LogP contribution in [-0.4, -0.2) is 28.8 Å². The topological polar surface area (TPSA) is 69.6 Å². The molecular formula is C10H12ClNO3. The van der Waals surface area contributed by atoms with Gasteiger partial charge in [-0.2, -0.15) is 0 Å². The van der Waals surface area contributed by atoms with E-state index in [1.807, 2.05) is 0 Å². The van der Waals surface area contributed by atoms with Gasteiger partial charge in [0.1, 0.15) is 0 Å². The highest BCUT2D eigenvalue weighted by Crippen LogP contribution is 2.20. The molecule has 5 heteroatoms. The van der Waals surface area contributed by atoms with E-state index in [1.54, 1.807) is 19.1 Å². The molecule has 0 saturated heterocycles. The standard InChI is InChI=1S/C10H12ClNO3/c1-6(13)5-12-9-3-2-7(11)4-8(9)10(14)15/h2-4,6,12-13H,5H2,1H3,(H,14,15). The first kappa shape index (κ1) is 11.8. The van der Waals surface area contributed by atoms with Crippen LogP contribution in [-0.2, 0) is 0 Å². The first-order valence-electron chi connectivity index (χ1n) is 4.45. The summed E-state index contributed by atoms with van der Waals surface area (Å²) in [5.74, 6) is -1.05. The average Bonchev–Trinajstić information content (AvgIpc) is 2.15. The number of aliphatic hydroxyl groups excluding tert-OH is 1. The van der Waals surface area contributed by atoms with Crippen molar-refractivity contribution in [3.05, 3.63) is 28.8 Å². The molecule has 0 aliphatic heterocycles. The maximum atomic E-state index is 10.9. The van der Waals surface area contributed by atoms with Crippen molar-refractivity contribution < 1.29 is 15.0 Å². The van der Waals surface area contributed by atoms with Crippen LogP contribution >= 0.6 is 11.6 Å². The van der Waals surface area contributed by atoms with Crippen molar-refractivity contribution >= 4 is 23.3 Å². The van der Waals surface area contributed by atoms with Gasteiger partial charge in [0.15, 0.2) is 0 Å². The number of nitrogens with one attached hydrogen (secondary N) is 1. The fourth-order valence-corrected chi connectivity index (χ4v) is 1.28. The van der Waals surface area contributed by atoms with Crippen molar-refractivity contribution in [3.8, 4) is 0 Å². The largest absolute Gasteiger partial charge is 0.478 e. The van der Waals surface area contributed by atoms with Gasteiger partial charge in [0.25, 0.3) is 0 Å². The second-order valence-corrected chi connectivity index (χ2v) is 3.66. The third kappa shape index (κ3) is 3.42. The second-order valence-electron chi connectivity index (χ2n) is 3.22. The number of carboxylic acid groups (broad SMARTS) is 1. The molecule has 0 heterocycles. The van der Waals surface area contributed by atoms with Gasteiger partial charge in [-0.05, 0) is 25.1 Å². The van der Waals surface area contributed by atoms with Crippen LogP contribution in [0.3, 0.4) is 0 Å². The maximum absolute atomic E-state index is 10.9. The Morgan fingerprint density at radius 1 is 1.60 bits per heavy atom. The molecule has 0 spiro atoms. The number of carboxylic acids is 1. The maximum Gasteiger partial charge on any atom is 0.337 e. The third-order valence-electron chi connectivity index (χ3n) is 1.80. The van der Waals surface area contributed by atoms with Crippen molar-refractivity contribution in [1.82, 2.24) is 0 Å². The van der Waals surface area contributed by atoms with Crippen LogP contribution < -0.4 is 5.32 Å². The number of anilines is 1. The monoisotopic (exact) mass is 229 g/mol. The Hall–Kier alpha value is -1.26. The molecule has 1 aromatic rings. The highest BCUT2D eigenvalue weighted by molar-refractivity contribution is 6.31. The average molecular weight is 230 g/mol. The number of rotatable bonds is 4. The molecule has 1 rings (SSSR count). The number of carbonyl (C=O) groups is 1. The first-order valence-corrected chi connectivity index (χ1v) is 4.83. The lowest BCUT2D eigenvalue weighted by Gasteiger charge is -2.11. The number of aromatic carboxylic acids is 1. The SMILES string of the molecule is CC(O)CNc1ccc(Cl)cc1C(=O)O. The van der Waals surface area contributed by atoms with Gasteiger partial charge < -0.3 is 15.5 Å². The van der Waals surface area contributed by atoms with Crippen LogP contribution in [0.2, 0.25) is 5.02 Å². The van der Waals surface area contributed by atoms with Gasteiger partial charge in [-0.25, -0.2) is 4.79 Å². The highest BCUT2D eigenvalue weighted by Gasteiger charge is 2.10. The van der Waals surface area contributed by atoms with E-state index in [0.29, 0.717) is 17.3 Å². The Morgan fingerprint density at radius 3 is 2.80 bits per heavy atom. The molecule has 0 fully saturated rings. The van der Waals surface area contributed by atoms with Crippen molar-refractivity contribution in [3.63, 3.8) is 0 Å². The Morgan fingerprint density at radius 2 is 2.27 bits per heavy atom. The van der Waals surface area contributed by atoms with E-state index in [-0.39, 0.29) is 5.56 Å². The van der Waals surface area contributed by atoms with Crippen LogP contribution in [0.4, 0.5) is 5.69 Å². The zero-order valence-electron chi connectivity index (χ0n) is 8.20. The third-order valence-corrected chi connectivity index (χ3v) is 2.04. The minimum absolute atomic E-state index is 0.100. The fraction of sp³-hybridized carbons (Fsp3) is 0.300. The predicted octanol–water partition coefficient (Wildman–Crippen LogP) is 1.83. The van der Waals surface area contributed by atoms with Gasteiger partial charge in [-0.1, -0.05) is 11.6 Å². The molecule has 0 aliphatic rings. The molecule has 0 aromatic heterocycles. The zero-order chi connectivity index (χ0) is 11.4. The summed E-state index contributed by atoms with van der Waals surface area (Å²) in [5, 5.41) is 21.2. The minimum Gasteiger partial charge on any atom is -0.478 e. The predicted molar refractivity (Wildman–Crippen MR) is 58.6 cm³/mol. The van der Waals surface area contributed by atoms with Gasteiger partial charge in [-0.15, -0.1) is 0 Å². The van der Waals surface area contributed by atoms with Crippen LogP contribution in [0.5, 0.6) is 0 Å². The summed E-state index contributed by atoms with van der Waals surface area (Å²) in [6.45, 7) is 1.91. The lowest BCUT2D eigenvalue weighted by molar-refractivity contribution is 0.0697. The quantitative estimate of drug-likeness (QED) is 0.737. The Kier molecular flexibility index (Phi) is 3.94. The molecule has 15 heavy (non-hydrogen) atoms. The van der Waals surface area contributed by atoms with E-state index in [4.69, 9.17) is 21.8 Å². The molecule has 1 atom stereocenters. The van der Waals surface area contributed by atoms with E-state index in [1.165, 1.54) is 6.07 Å². The van der Waals surface area contributed by atoms with E-state index >= 15 is 0 Å². The first-order chi connectivity index (χ1) is 7.00. The number of halogens is 1. The molecule has 3 N–H and O–H groups in total. The minimum atomic E-state index is -1.05. The lowest BCUT2D eigenvalue weighted by atomic mass is 10.1. The van der Waals surface area contributed by atoms with Crippen molar-refractivity contribution in [1.29, 1.82) is 0 Å². The van der Waals surface area contributed by atoms with E-state index in [2.05, 4.69) is 5.32 Å². The molecule has 4 nitrogen and oxygen atoms in total. The molecule has 0 bridgehead atoms. The van der Waals surface area contributed by atoms with E-state index in [0.717, 1.165) is 0 Å². The lowest BCUT2D eigenvalue weighted by Crippen LogP contribution is -2.17. The molecular weight excluding hydrogens is 218 g/mol. The van der Waals surface area contributed by atoms with Crippen LogP contribution in [0.25, 0.3) is 0 Å². The molecule has 1 aromatic carbocycles. The van der Waals surface area contributed by atoms with Crippen molar-refractivity contribution in [2.24, 2.45) is 0 Å². The summed E-state index contributed by atoms with van der Waals surface area (Å²) >= 11 is 5.68. The van der Waals surface area contributed by atoms with Gasteiger partial charge in [0.2, 0.25) is 0 Å². The summed E-state index contributed by atoms with van der Waals surface area (Å²) in [4.78, 5) is 10.9. The number of hydrogen-bond acceptors (Lipinski definition) is 3. The summed E-state index contributed by atoms with van der Waals surface area (Å²) in [6, 6.07) is 4.54. The molecule has 82 valence electrons. The second kappa shape index (κ2) is 5.00. The summed E-state index contributed by atoms with van der Waals surface area (Å²) in [6.07, 6.45) is -0.540. The van der Waals surface area contributed by atoms with Crippen LogP contribution in [0, 0.1) is 0 Å². The van der Waals surface area contributed by atoms with Crippen LogP contribution in [0.15, 0.2) is 18.2 Å². The molecule has 1 unspecified atom stereocenters. The summed E-state index contributed by atoms with van der Waals surface area (Å²) in [7, 11) is 0. The van der Waals surface area contributed by atoms with Crippen molar-refractivity contribution in [2.75, 3.05) is 11.9 Å². The Balaban J connectivity index is 2.91. The molecule has 0 radical (unpaired) electrons. The molecule has 0 saturated carbocycles. The number of aliphatic hydroxyl groups is 1. The zero-order valence-corrected chi connectivity index (χ0v) is 8.95. The normalized spacial score (nSPS) is 12.2. The Labute approximate surface area is 92.5 Å². The van der Waals surface area contributed by atoms with Gasteiger partial charge in [0, 0.05) is 17.3 Å². The van der Waals surface area contributed by atoms with Gasteiger partial charge in [0.05, 0.1) is 11.7 Å².